The fourth-order valence-electron chi connectivity index (χ4n) is 2.85. The number of anilines is 1. The number of pyridine rings is 1. The lowest BCUT2D eigenvalue weighted by Crippen LogP contribution is -2.26. The first kappa shape index (κ1) is 19.4. The number of benzene rings is 2. The average molecular weight is 375 g/mol. The monoisotopic (exact) mass is 375 g/mol. The Morgan fingerprint density at radius 2 is 1.82 bits per heavy atom. The molecular formula is C23H25N3O2. The zero-order valence-electron chi connectivity index (χ0n) is 16.2. The van der Waals surface area contributed by atoms with Gasteiger partial charge in [-0.2, -0.15) is 0 Å². The van der Waals surface area contributed by atoms with E-state index in [1.54, 1.807) is 19.4 Å². The normalized spacial score (nSPS) is 10.4. The molecule has 0 atom stereocenters. The second-order valence-corrected chi connectivity index (χ2v) is 6.59. The molecule has 1 heterocycles. The number of carbonyl (C=O) groups is 1. The molecule has 2 aromatic carbocycles. The standard InChI is InChI=1S/C23H25N3O2/c1-17-7-9-18(10-8-17)15-25-20-11-12-21(26-16-20)23(27)24-14-13-19-5-3-4-6-22(19)28-2/h3-12,16,25H,13-15H2,1-2H3,(H,24,27). The van der Waals surface area contributed by atoms with Crippen molar-refractivity contribution in [1.82, 2.24) is 10.3 Å². The van der Waals surface area contributed by atoms with Crippen molar-refractivity contribution in [2.45, 2.75) is 19.9 Å². The van der Waals surface area contributed by atoms with Crippen LogP contribution in [0.1, 0.15) is 27.2 Å². The van der Waals surface area contributed by atoms with Crippen molar-refractivity contribution in [3.05, 3.63) is 89.2 Å². The summed E-state index contributed by atoms with van der Waals surface area (Å²) in [5, 5.41) is 6.22. The van der Waals surface area contributed by atoms with Crippen LogP contribution < -0.4 is 15.4 Å². The summed E-state index contributed by atoms with van der Waals surface area (Å²) >= 11 is 0. The molecule has 0 unspecified atom stereocenters. The molecule has 144 valence electrons. The SMILES string of the molecule is COc1ccccc1CCNC(=O)c1ccc(NCc2ccc(C)cc2)cn1. The number of carbonyl (C=O) groups excluding carboxylic acids is 1. The van der Waals surface area contributed by atoms with Crippen molar-refractivity contribution in [2.24, 2.45) is 0 Å². The number of rotatable bonds is 8. The Hall–Kier alpha value is -3.34. The van der Waals surface area contributed by atoms with E-state index in [-0.39, 0.29) is 5.91 Å². The van der Waals surface area contributed by atoms with Gasteiger partial charge >= 0.3 is 0 Å². The Morgan fingerprint density at radius 3 is 2.54 bits per heavy atom. The number of ether oxygens (including phenoxy) is 1. The van der Waals surface area contributed by atoms with Gasteiger partial charge in [0.15, 0.2) is 0 Å². The van der Waals surface area contributed by atoms with E-state index in [9.17, 15) is 4.79 Å². The molecule has 1 amide bonds. The maximum Gasteiger partial charge on any atom is 0.269 e. The minimum absolute atomic E-state index is 0.181. The summed E-state index contributed by atoms with van der Waals surface area (Å²) in [7, 11) is 1.65. The largest absolute Gasteiger partial charge is 0.496 e. The van der Waals surface area contributed by atoms with Crippen molar-refractivity contribution in [3.8, 4) is 5.75 Å². The topological polar surface area (TPSA) is 63.2 Å². The van der Waals surface area contributed by atoms with Gasteiger partial charge in [-0.15, -0.1) is 0 Å². The number of hydrogen-bond donors (Lipinski definition) is 2. The van der Waals surface area contributed by atoms with Crippen LogP contribution >= 0.6 is 0 Å². The van der Waals surface area contributed by atoms with Crippen LogP contribution in [0.2, 0.25) is 0 Å². The molecule has 1 aromatic heterocycles. The molecule has 5 heteroatoms. The molecule has 0 saturated heterocycles. The average Bonchev–Trinajstić information content (AvgIpc) is 2.74. The first-order valence-electron chi connectivity index (χ1n) is 9.31. The van der Waals surface area contributed by atoms with Gasteiger partial charge in [-0.25, -0.2) is 4.98 Å². The smallest absolute Gasteiger partial charge is 0.269 e. The first-order valence-corrected chi connectivity index (χ1v) is 9.31. The van der Waals surface area contributed by atoms with E-state index < -0.39 is 0 Å². The Labute approximate surface area is 165 Å². The van der Waals surface area contributed by atoms with E-state index >= 15 is 0 Å². The number of hydrogen-bond acceptors (Lipinski definition) is 4. The van der Waals surface area contributed by atoms with Gasteiger partial charge in [0.2, 0.25) is 0 Å². The van der Waals surface area contributed by atoms with Gasteiger partial charge in [0.1, 0.15) is 11.4 Å². The minimum atomic E-state index is -0.181. The quantitative estimate of drug-likeness (QED) is 0.625. The maximum atomic E-state index is 12.3. The van der Waals surface area contributed by atoms with Gasteiger partial charge in [0, 0.05) is 13.1 Å². The molecule has 0 radical (unpaired) electrons. The van der Waals surface area contributed by atoms with Crippen LogP contribution in [0.3, 0.4) is 0 Å². The van der Waals surface area contributed by atoms with E-state index in [2.05, 4.69) is 46.8 Å². The second-order valence-electron chi connectivity index (χ2n) is 6.59. The van der Waals surface area contributed by atoms with E-state index in [0.717, 1.165) is 17.0 Å². The highest BCUT2D eigenvalue weighted by Gasteiger charge is 2.08. The van der Waals surface area contributed by atoms with Crippen LogP contribution in [0.25, 0.3) is 0 Å². The van der Waals surface area contributed by atoms with Crippen molar-refractivity contribution in [1.29, 1.82) is 0 Å². The zero-order valence-corrected chi connectivity index (χ0v) is 16.2. The number of aromatic nitrogens is 1. The highest BCUT2D eigenvalue weighted by atomic mass is 16.5. The van der Waals surface area contributed by atoms with Gasteiger partial charge in [-0.3, -0.25) is 4.79 Å². The third kappa shape index (κ3) is 5.33. The van der Waals surface area contributed by atoms with Crippen molar-refractivity contribution >= 4 is 11.6 Å². The van der Waals surface area contributed by atoms with E-state index in [1.807, 2.05) is 30.3 Å². The van der Waals surface area contributed by atoms with E-state index in [4.69, 9.17) is 4.74 Å². The molecule has 0 aliphatic carbocycles. The molecule has 0 aliphatic rings. The summed E-state index contributed by atoms with van der Waals surface area (Å²) in [5.41, 5.74) is 4.79. The molecular weight excluding hydrogens is 350 g/mol. The molecule has 5 nitrogen and oxygen atoms in total. The van der Waals surface area contributed by atoms with Gasteiger partial charge < -0.3 is 15.4 Å². The Bertz CT molecular complexity index is 906. The summed E-state index contributed by atoms with van der Waals surface area (Å²) in [6, 6.07) is 19.8. The molecule has 28 heavy (non-hydrogen) atoms. The van der Waals surface area contributed by atoms with Crippen LogP contribution in [0.5, 0.6) is 5.75 Å². The number of nitrogens with one attached hydrogen (secondary N) is 2. The highest BCUT2D eigenvalue weighted by Crippen LogP contribution is 2.17. The number of amides is 1. The van der Waals surface area contributed by atoms with E-state index in [0.29, 0.717) is 25.2 Å². The van der Waals surface area contributed by atoms with Crippen molar-refractivity contribution < 1.29 is 9.53 Å². The van der Waals surface area contributed by atoms with Gasteiger partial charge in [-0.05, 0) is 42.7 Å². The number of aryl methyl sites for hydroxylation is 1. The molecule has 0 aliphatic heterocycles. The Kier molecular flexibility index (Phi) is 6.63. The first-order chi connectivity index (χ1) is 13.7. The van der Waals surface area contributed by atoms with Gasteiger partial charge in [0.25, 0.3) is 5.91 Å². The second kappa shape index (κ2) is 9.55. The lowest BCUT2D eigenvalue weighted by atomic mass is 10.1. The van der Waals surface area contributed by atoms with Crippen molar-refractivity contribution in [3.63, 3.8) is 0 Å². The predicted molar refractivity (Wildman–Crippen MR) is 112 cm³/mol. The molecule has 3 rings (SSSR count). The lowest BCUT2D eigenvalue weighted by Gasteiger charge is -2.10. The van der Waals surface area contributed by atoms with Crippen LogP contribution in [-0.4, -0.2) is 24.5 Å². The summed E-state index contributed by atoms with van der Waals surface area (Å²) in [6.45, 7) is 3.31. The molecule has 0 saturated carbocycles. The molecule has 0 fully saturated rings. The third-order valence-electron chi connectivity index (χ3n) is 4.49. The van der Waals surface area contributed by atoms with Crippen LogP contribution in [0, 0.1) is 6.92 Å². The van der Waals surface area contributed by atoms with Crippen molar-refractivity contribution in [2.75, 3.05) is 19.0 Å². The van der Waals surface area contributed by atoms with Gasteiger partial charge in [0.05, 0.1) is 19.0 Å². The van der Waals surface area contributed by atoms with Crippen LogP contribution in [-0.2, 0) is 13.0 Å². The Balaban J connectivity index is 1.48. The maximum absolute atomic E-state index is 12.3. The fourth-order valence-corrected chi connectivity index (χ4v) is 2.85. The summed E-state index contributed by atoms with van der Waals surface area (Å²) < 4.78 is 5.33. The summed E-state index contributed by atoms with van der Waals surface area (Å²) in [5.74, 6) is 0.652. The lowest BCUT2D eigenvalue weighted by molar-refractivity contribution is 0.0949. The van der Waals surface area contributed by atoms with Crippen LogP contribution in [0.4, 0.5) is 5.69 Å². The summed E-state index contributed by atoms with van der Waals surface area (Å²) in [4.78, 5) is 16.6. The highest BCUT2D eigenvalue weighted by molar-refractivity contribution is 5.92. The number of nitrogens with zero attached hydrogens (tertiary/aromatic N) is 1. The zero-order chi connectivity index (χ0) is 19.8. The third-order valence-corrected chi connectivity index (χ3v) is 4.49. The van der Waals surface area contributed by atoms with Gasteiger partial charge in [-0.1, -0.05) is 48.0 Å². The molecule has 2 N–H and O–H groups in total. The van der Waals surface area contributed by atoms with E-state index in [1.165, 1.54) is 11.1 Å². The Morgan fingerprint density at radius 1 is 1.04 bits per heavy atom. The minimum Gasteiger partial charge on any atom is -0.496 e. The summed E-state index contributed by atoms with van der Waals surface area (Å²) in [6.07, 6.45) is 2.38. The fraction of sp³-hybridized carbons (Fsp3) is 0.217. The molecule has 0 spiro atoms. The number of methoxy groups -OCH3 is 1. The number of para-hydroxylation sites is 1. The predicted octanol–water partition coefficient (Wildman–Crippen LogP) is 3.98. The van der Waals surface area contributed by atoms with Crippen LogP contribution in [0.15, 0.2) is 66.9 Å². The molecule has 0 bridgehead atoms. The molecule has 3 aromatic rings.